The maximum atomic E-state index is 12.1. The highest BCUT2D eigenvalue weighted by Gasteiger charge is 2.16. The molecule has 1 aromatic heterocycles. The normalized spacial score (nSPS) is 14.3. The second-order valence-corrected chi connectivity index (χ2v) is 5.49. The number of nitrogens with zero attached hydrogens (tertiary/aromatic N) is 3. The fraction of sp³-hybridized carbons (Fsp3) is 0.462. The van der Waals surface area contributed by atoms with Crippen LogP contribution in [0.4, 0.5) is 5.82 Å². The Morgan fingerprint density at radius 3 is 2.95 bits per heavy atom. The number of rotatable bonds is 4. The summed E-state index contributed by atoms with van der Waals surface area (Å²) in [6.45, 7) is 1.86. The average Bonchev–Trinajstić information content (AvgIpc) is 2.87. The van der Waals surface area contributed by atoms with Gasteiger partial charge < -0.3 is 10.6 Å². The molecule has 2 rings (SSSR count). The lowest BCUT2D eigenvalue weighted by molar-refractivity contribution is -0.125. The van der Waals surface area contributed by atoms with Gasteiger partial charge in [-0.25, -0.2) is 9.97 Å². The lowest BCUT2D eigenvalue weighted by Crippen LogP contribution is -2.27. The quantitative estimate of drug-likeness (QED) is 0.673. The summed E-state index contributed by atoms with van der Waals surface area (Å²) in [6, 6.07) is 1.71. The second-order valence-electron chi connectivity index (χ2n) is 4.55. The van der Waals surface area contributed by atoms with E-state index in [9.17, 15) is 4.79 Å². The van der Waals surface area contributed by atoms with Crippen LogP contribution in [0.25, 0.3) is 0 Å². The Hall–Kier alpha value is -1.56. The molecule has 1 aliphatic rings. The van der Waals surface area contributed by atoms with Gasteiger partial charge in [-0.15, -0.1) is 0 Å². The van der Waals surface area contributed by atoms with Gasteiger partial charge in [0.25, 0.3) is 0 Å². The van der Waals surface area contributed by atoms with E-state index in [1.807, 2.05) is 14.0 Å². The van der Waals surface area contributed by atoms with E-state index in [0.717, 1.165) is 30.7 Å². The number of nitrogen functional groups attached to an aromatic ring is 1. The number of aromatic nitrogens is 2. The van der Waals surface area contributed by atoms with E-state index < -0.39 is 0 Å². The molecule has 6 heteroatoms. The van der Waals surface area contributed by atoms with Crippen molar-refractivity contribution in [1.82, 2.24) is 14.9 Å². The van der Waals surface area contributed by atoms with Crippen molar-refractivity contribution in [1.29, 1.82) is 0 Å². The van der Waals surface area contributed by atoms with Gasteiger partial charge in [-0.05, 0) is 26.2 Å². The lowest BCUT2D eigenvalue weighted by atomic mass is 10.3. The Morgan fingerprint density at radius 2 is 2.32 bits per heavy atom. The van der Waals surface area contributed by atoms with Crippen LogP contribution >= 0.6 is 11.8 Å². The molecule has 0 saturated carbocycles. The number of nitrogens with two attached hydrogens (primary N) is 1. The van der Waals surface area contributed by atoms with Crippen LogP contribution in [0, 0.1) is 6.92 Å². The van der Waals surface area contributed by atoms with Gasteiger partial charge in [0, 0.05) is 24.5 Å². The summed E-state index contributed by atoms with van der Waals surface area (Å²) in [5.41, 5.74) is 7.59. The number of carbonyl (C=O) groups is 1. The predicted octanol–water partition coefficient (Wildman–Crippen LogP) is 1.99. The molecule has 1 heterocycles. The van der Waals surface area contributed by atoms with Crippen LogP contribution in [0.15, 0.2) is 23.0 Å². The van der Waals surface area contributed by atoms with E-state index in [2.05, 4.69) is 16.0 Å². The summed E-state index contributed by atoms with van der Waals surface area (Å²) >= 11 is 1.32. The smallest absolute Gasteiger partial charge is 0.236 e. The van der Waals surface area contributed by atoms with Crippen molar-refractivity contribution in [2.75, 3.05) is 18.5 Å². The maximum Gasteiger partial charge on any atom is 0.236 e. The van der Waals surface area contributed by atoms with Crippen molar-refractivity contribution >= 4 is 23.5 Å². The van der Waals surface area contributed by atoms with Crippen molar-refractivity contribution in [3.05, 3.63) is 23.5 Å². The van der Waals surface area contributed by atoms with Crippen molar-refractivity contribution in [3.63, 3.8) is 0 Å². The van der Waals surface area contributed by atoms with Crippen LogP contribution in [0.2, 0.25) is 0 Å². The van der Waals surface area contributed by atoms with Crippen molar-refractivity contribution in [3.8, 4) is 0 Å². The summed E-state index contributed by atoms with van der Waals surface area (Å²) in [5, 5.41) is 0.555. The molecule has 0 fully saturated rings. The first-order valence-electron chi connectivity index (χ1n) is 6.26. The minimum atomic E-state index is 0.0711. The molecule has 1 aliphatic carbocycles. The molecule has 2 N–H and O–H groups in total. The molecule has 0 aromatic carbocycles. The number of anilines is 1. The summed E-state index contributed by atoms with van der Waals surface area (Å²) in [4.78, 5) is 22.1. The van der Waals surface area contributed by atoms with E-state index in [0.29, 0.717) is 16.7 Å². The third-order valence-electron chi connectivity index (χ3n) is 3.00. The van der Waals surface area contributed by atoms with Crippen LogP contribution in [0.1, 0.15) is 25.0 Å². The average molecular weight is 278 g/mol. The van der Waals surface area contributed by atoms with Gasteiger partial charge in [0.05, 0.1) is 5.75 Å². The molecule has 0 radical (unpaired) electrons. The summed E-state index contributed by atoms with van der Waals surface area (Å²) in [7, 11) is 1.82. The van der Waals surface area contributed by atoms with E-state index in [1.54, 1.807) is 11.0 Å². The minimum Gasteiger partial charge on any atom is -0.384 e. The predicted molar refractivity (Wildman–Crippen MR) is 76.6 cm³/mol. The van der Waals surface area contributed by atoms with Crippen molar-refractivity contribution in [2.24, 2.45) is 0 Å². The first-order valence-corrected chi connectivity index (χ1v) is 7.24. The Kier molecular flexibility index (Phi) is 4.42. The van der Waals surface area contributed by atoms with Crippen LogP contribution in [0.5, 0.6) is 0 Å². The maximum absolute atomic E-state index is 12.1. The van der Waals surface area contributed by atoms with Crippen molar-refractivity contribution in [2.45, 2.75) is 31.3 Å². The van der Waals surface area contributed by atoms with Crippen LogP contribution in [-0.2, 0) is 4.79 Å². The monoisotopic (exact) mass is 278 g/mol. The van der Waals surface area contributed by atoms with Gasteiger partial charge in [-0.2, -0.15) is 0 Å². The highest BCUT2D eigenvalue weighted by molar-refractivity contribution is 7.99. The molecule has 0 aliphatic heterocycles. The molecule has 19 heavy (non-hydrogen) atoms. The third kappa shape index (κ3) is 3.70. The highest BCUT2D eigenvalue weighted by Crippen LogP contribution is 2.22. The molecule has 1 amide bonds. The van der Waals surface area contributed by atoms with Gasteiger partial charge in [0.2, 0.25) is 5.91 Å². The zero-order valence-corrected chi connectivity index (χ0v) is 12.0. The molecule has 5 nitrogen and oxygen atoms in total. The molecule has 0 bridgehead atoms. The Labute approximate surface area is 117 Å². The summed E-state index contributed by atoms with van der Waals surface area (Å²) in [6.07, 6.45) is 5.32. The Bertz CT molecular complexity index is 495. The highest BCUT2D eigenvalue weighted by atomic mass is 32.2. The zero-order valence-electron chi connectivity index (χ0n) is 11.2. The number of thioether (sulfide) groups is 1. The molecule has 0 atom stereocenters. The fourth-order valence-corrected chi connectivity index (χ4v) is 2.80. The van der Waals surface area contributed by atoms with E-state index in [4.69, 9.17) is 5.73 Å². The lowest BCUT2D eigenvalue weighted by Gasteiger charge is -2.18. The van der Waals surface area contributed by atoms with Gasteiger partial charge in [-0.3, -0.25) is 4.79 Å². The first-order chi connectivity index (χ1) is 9.06. The molecular weight excluding hydrogens is 260 g/mol. The topological polar surface area (TPSA) is 72.1 Å². The SMILES string of the molecule is Cc1cc(N)nc(SCC(=O)N(C)C2=CCCC2)n1. The van der Waals surface area contributed by atoms with Gasteiger partial charge in [0.15, 0.2) is 5.16 Å². The molecule has 0 unspecified atom stereocenters. The number of hydrogen-bond acceptors (Lipinski definition) is 5. The van der Waals surface area contributed by atoms with E-state index in [-0.39, 0.29) is 5.91 Å². The van der Waals surface area contributed by atoms with Crippen LogP contribution < -0.4 is 5.73 Å². The number of carbonyl (C=O) groups excluding carboxylic acids is 1. The van der Waals surface area contributed by atoms with Crippen molar-refractivity contribution < 1.29 is 4.79 Å². The molecule has 0 saturated heterocycles. The molecular formula is C13H18N4OS. The van der Waals surface area contributed by atoms with E-state index in [1.165, 1.54) is 11.8 Å². The number of allylic oxidation sites excluding steroid dienone is 2. The standard InChI is InChI=1S/C13H18N4OS/c1-9-7-11(14)16-13(15-9)19-8-12(18)17(2)10-5-3-4-6-10/h5,7H,3-4,6,8H2,1-2H3,(H2,14,15,16). The summed E-state index contributed by atoms with van der Waals surface area (Å²) in [5.74, 6) is 0.840. The number of hydrogen-bond donors (Lipinski definition) is 1. The summed E-state index contributed by atoms with van der Waals surface area (Å²) < 4.78 is 0. The second kappa shape index (κ2) is 6.06. The largest absolute Gasteiger partial charge is 0.384 e. The van der Waals surface area contributed by atoms with Crippen LogP contribution in [-0.4, -0.2) is 33.6 Å². The number of aryl methyl sites for hydroxylation is 1. The third-order valence-corrected chi connectivity index (χ3v) is 3.83. The fourth-order valence-electron chi connectivity index (χ4n) is 1.97. The molecule has 1 aromatic rings. The van der Waals surface area contributed by atoms with Gasteiger partial charge >= 0.3 is 0 Å². The van der Waals surface area contributed by atoms with Crippen LogP contribution in [0.3, 0.4) is 0 Å². The first kappa shape index (κ1) is 13.9. The molecule has 0 spiro atoms. The Morgan fingerprint density at radius 1 is 1.53 bits per heavy atom. The van der Waals surface area contributed by atoms with Gasteiger partial charge in [0.1, 0.15) is 5.82 Å². The number of amides is 1. The molecule has 102 valence electrons. The zero-order chi connectivity index (χ0) is 13.8. The van der Waals surface area contributed by atoms with Gasteiger partial charge in [-0.1, -0.05) is 17.8 Å². The van der Waals surface area contributed by atoms with E-state index >= 15 is 0 Å². The minimum absolute atomic E-state index is 0.0711. The Balaban J connectivity index is 1.92.